The molecule has 1 fully saturated rings. The van der Waals surface area contributed by atoms with Crippen LogP contribution in [0, 0.1) is 13.8 Å². The lowest BCUT2D eigenvalue weighted by molar-refractivity contribution is -0.118. The van der Waals surface area contributed by atoms with Gasteiger partial charge in [0, 0.05) is 37.4 Å². The maximum atomic E-state index is 12.8. The molecule has 0 spiro atoms. The highest BCUT2D eigenvalue weighted by molar-refractivity contribution is 5.94. The van der Waals surface area contributed by atoms with Crippen molar-refractivity contribution in [2.24, 2.45) is 0 Å². The molecule has 0 aromatic heterocycles. The van der Waals surface area contributed by atoms with Gasteiger partial charge in [0.05, 0.1) is 0 Å². The standard InChI is InChI=1S/C33H37NO4/c1-22-7-11-26(12-8-22)33(36)34-17-15-28(16-18-34)38-27-13-9-25(10-14-27)21-37-32-20-23(2)19-31-29(24(3)35)5-4-6-30(31)32/h7-14,19-20,28-29H,4-6,15-18,21H2,1-3H3. The number of carbonyl (C=O) groups excluding carboxylic acids is 2. The third kappa shape index (κ3) is 5.93. The third-order valence-corrected chi connectivity index (χ3v) is 7.82. The number of hydrogen-bond donors (Lipinski definition) is 0. The van der Waals surface area contributed by atoms with Gasteiger partial charge in [0.15, 0.2) is 0 Å². The summed E-state index contributed by atoms with van der Waals surface area (Å²) in [5.41, 5.74) is 6.44. The first-order chi connectivity index (χ1) is 18.4. The van der Waals surface area contributed by atoms with E-state index in [1.54, 1.807) is 6.92 Å². The van der Waals surface area contributed by atoms with Gasteiger partial charge < -0.3 is 14.4 Å². The number of ether oxygens (including phenoxy) is 2. The van der Waals surface area contributed by atoms with Crippen LogP contribution < -0.4 is 9.47 Å². The number of aryl methyl sites for hydroxylation is 2. The first kappa shape index (κ1) is 26.0. The van der Waals surface area contributed by atoms with Crippen LogP contribution in [0.15, 0.2) is 60.7 Å². The molecule has 0 N–H and O–H groups in total. The molecule has 1 saturated heterocycles. The van der Waals surface area contributed by atoms with Gasteiger partial charge >= 0.3 is 0 Å². The van der Waals surface area contributed by atoms with Crippen molar-refractivity contribution in [3.63, 3.8) is 0 Å². The van der Waals surface area contributed by atoms with Crippen LogP contribution in [0.3, 0.4) is 0 Å². The minimum Gasteiger partial charge on any atom is -0.490 e. The Morgan fingerprint density at radius 2 is 1.61 bits per heavy atom. The van der Waals surface area contributed by atoms with Gasteiger partial charge in [0.2, 0.25) is 0 Å². The molecule has 3 aromatic carbocycles. The Morgan fingerprint density at radius 3 is 2.29 bits per heavy atom. The molecule has 1 amide bonds. The number of likely N-dealkylation sites (tertiary alicyclic amines) is 1. The van der Waals surface area contributed by atoms with Crippen LogP contribution in [0.1, 0.15) is 76.7 Å². The molecule has 1 atom stereocenters. The minimum absolute atomic E-state index is 0.00924. The van der Waals surface area contributed by atoms with Gasteiger partial charge in [-0.2, -0.15) is 0 Å². The molecule has 3 aromatic rings. The zero-order valence-corrected chi connectivity index (χ0v) is 22.7. The van der Waals surface area contributed by atoms with Crippen molar-refractivity contribution in [1.29, 1.82) is 0 Å². The van der Waals surface area contributed by atoms with E-state index >= 15 is 0 Å². The van der Waals surface area contributed by atoms with E-state index in [2.05, 4.69) is 19.1 Å². The van der Waals surface area contributed by atoms with Crippen molar-refractivity contribution in [3.8, 4) is 11.5 Å². The van der Waals surface area contributed by atoms with Crippen LogP contribution >= 0.6 is 0 Å². The number of rotatable bonds is 7. The number of nitrogens with zero attached hydrogens (tertiary/aromatic N) is 1. The number of benzene rings is 3. The van der Waals surface area contributed by atoms with Crippen LogP contribution in [-0.4, -0.2) is 35.8 Å². The van der Waals surface area contributed by atoms with Crippen LogP contribution in [0.5, 0.6) is 11.5 Å². The highest BCUT2D eigenvalue weighted by Crippen LogP contribution is 2.38. The molecular formula is C33H37NO4. The molecule has 198 valence electrons. The van der Waals surface area contributed by atoms with E-state index < -0.39 is 0 Å². The quantitative estimate of drug-likeness (QED) is 0.360. The minimum atomic E-state index is -0.00924. The first-order valence-corrected chi connectivity index (χ1v) is 13.8. The molecule has 1 heterocycles. The van der Waals surface area contributed by atoms with E-state index in [-0.39, 0.29) is 23.7 Å². The zero-order valence-electron chi connectivity index (χ0n) is 22.7. The summed E-state index contributed by atoms with van der Waals surface area (Å²) < 4.78 is 12.5. The van der Waals surface area contributed by atoms with Crippen LogP contribution in [0.2, 0.25) is 0 Å². The van der Waals surface area contributed by atoms with Crippen molar-refractivity contribution in [2.45, 2.75) is 71.5 Å². The Hall–Kier alpha value is -3.60. The Morgan fingerprint density at radius 1 is 0.895 bits per heavy atom. The fourth-order valence-electron chi connectivity index (χ4n) is 5.65. The van der Waals surface area contributed by atoms with Crippen molar-refractivity contribution in [3.05, 3.63) is 94.0 Å². The number of piperidine rings is 1. The fraction of sp³-hybridized carbons (Fsp3) is 0.394. The van der Waals surface area contributed by atoms with Crippen LogP contribution in [-0.2, 0) is 17.8 Å². The van der Waals surface area contributed by atoms with E-state index in [0.717, 1.165) is 71.4 Å². The fourth-order valence-corrected chi connectivity index (χ4v) is 5.65. The Kier molecular flexibility index (Phi) is 7.82. The predicted octanol–water partition coefficient (Wildman–Crippen LogP) is 6.57. The van der Waals surface area contributed by atoms with Crippen molar-refractivity contribution in [2.75, 3.05) is 13.1 Å². The average Bonchev–Trinajstić information content (AvgIpc) is 2.92. The Balaban J connectivity index is 1.14. The number of carbonyl (C=O) groups is 2. The second kappa shape index (κ2) is 11.4. The maximum Gasteiger partial charge on any atom is 0.253 e. The number of hydrogen-bond acceptors (Lipinski definition) is 4. The van der Waals surface area contributed by atoms with Gasteiger partial charge in [-0.15, -0.1) is 0 Å². The van der Waals surface area contributed by atoms with Gasteiger partial charge in [-0.3, -0.25) is 9.59 Å². The molecule has 38 heavy (non-hydrogen) atoms. The van der Waals surface area contributed by atoms with Gasteiger partial charge in [-0.25, -0.2) is 0 Å². The summed E-state index contributed by atoms with van der Waals surface area (Å²) in [5.74, 6) is 2.07. The molecule has 5 rings (SSSR count). The van der Waals surface area contributed by atoms with Crippen molar-refractivity contribution >= 4 is 11.7 Å². The van der Waals surface area contributed by atoms with E-state index in [1.165, 1.54) is 5.56 Å². The van der Waals surface area contributed by atoms with Gasteiger partial charge in [0.25, 0.3) is 5.91 Å². The van der Waals surface area contributed by atoms with Crippen molar-refractivity contribution < 1.29 is 19.1 Å². The summed E-state index contributed by atoms with van der Waals surface area (Å²) >= 11 is 0. The molecule has 5 nitrogen and oxygen atoms in total. The predicted molar refractivity (Wildman–Crippen MR) is 149 cm³/mol. The summed E-state index contributed by atoms with van der Waals surface area (Å²) in [6, 6.07) is 20.1. The van der Waals surface area contributed by atoms with Crippen LogP contribution in [0.4, 0.5) is 0 Å². The Labute approximate surface area is 225 Å². The van der Waals surface area contributed by atoms with Gasteiger partial charge in [0.1, 0.15) is 30.0 Å². The first-order valence-electron chi connectivity index (χ1n) is 13.8. The monoisotopic (exact) mass is 511 g/mol. The lowest BCUT2D eigenvalue weighted by Gasteiger charge is -2.32. The SMILES string of the molecule is CC(=O)C1CCCc2c(OCc3ccc(OC4CCN(C(=O)c5ccc(C)cc5)CC4)cc3)cc(C)cc21. The third-order valence-electron chi connectivity index (χ3n) is 7.82. The second-order valence-corrected chi connectivity index (χ2v) is 10.8. The number of fused-ring (bicyclic) bond motifs is 1. The summed E-state index contributed by atoms with van der Waals surface area (Å²) in [6.07, 6.45) is 4.64. The van der Waals surface area contributed by atoms with E-state index in [9.17, 15) is 9.59 Å². The van der Waals surface area contributed by atoms with E-state index in [1.807, 2.05) is 60.4 Å². The second-order valence-electron chi connectivity index (χ2n) is 10.8. The van der Waals surface area contributed by atoms with Gasteiger partial charge in [-0.1, -0.05) is 35.9 Å². The van der Waals surface area contributed by atoms with Crippen LogP contribution in [0.25, 0.3) is 0 Å². The zero-order chi connectivity index (χ0) is 26.6. The molecule has 0 radical (unpaired) electrons. The Bertz CT molecular complexity index is 1290. The highest BCUT2D eigenvalue weighted by atomic mass is 16.5. The smallest absolute Gasteiger partial charge is 0.253 e. The number of Topliss-reactive ketones (excluding diaryl/α,β-unsaturated/α-hetero) is 1. The molecule has 0 bridgehead atoms. The summed E-state index contributed by atoms with van der Waals surface area (Å²) in [6.45, 7) is 7.66. The summed E-state index contributed by atoms with van der Waals surface area (Å²) in [7, 11) is 0. The molecule has 1 unspecified atom stereocenters. The molecular weight excluding hydrogens is 474 g/mol. The lowest BCUT2D eigenvalue weighted by Crippen LogP contribution is -2.41. The summed E-state index contributed by atoms with van der Waals surface area (Å²) in [4.78, 5) is 26.9. The number of ketones is 1. The van der Waals surface area contributed by atoms with Crippen molar-refractivity contribution in [1.82, 2.24) is 4.90 Å². The van der Waals surface area contributed by atoms with E-state index in [4.69, 9.17) is 9.47 Å². The molecule has 5 heteroatoms. The largest absolute Gasteiger partial charge is 0.490 e. The molecule has 0 saturated carbocycles. The molecule has 1 aliphatic carbocycles. The normalized spacial score (nSPS) is 17.6. The maximum absolute atomic E-state index is 12.8. The topological polar surface area (TPSA) is 55.8 Å². The highest BCUT2D eigenvalue weighted by Gasteiger charge is 2.27. The summed E-state index contributed by atoms with van der Waals surface area (Å²) in [5, 5.41) is 0. The average molecular weight is 512 g/mol. The molecule has 2 aliphatic rings. The molecule has 1 aliphatic heterocycles. The van der Waals surface area contributed by atoms with E-state index in [0.29, 0.717) is 19.7 Å². The lowest BCUT2D eigenvalue weighted by atomic mass is 9.79. The van der Waals surface area contributed by atoms with Gasteiger partial charge in [-0.05, 0) is 92.6 Å². The number of amides is 1.